The normalized spacial score (nSPS) is 15.4. The van der Waals surface area contributed by atoms with Crippen LogP contribution in [0.4, 0.5) is 0 Å². The van der Waals surface area contributed by atoms with Crippen molar-refractivity contribution in [3.8, 4) is 0 Å². The van der Waals surface area contributed by atoms with Gasteiger partial charge in [0.25, 0.3) is 0 Å². The Labute approximate surface area is 189 Å². The maximum Gasteiger partial charge on any atom is 0.237 e. The zero-order chi connectivity index (χ0) is 22.1. The number of carbonyl (C=O) groups is 2. The van der Waals surface area contributed by atoms with E-state index in [0.29, 0.717) is 19.6 Å². The molecule has 1 fully saturated rings. The van der Waals surface area contributed by atoms with Gasteiger partial charge in [0, 0.05) is 44.2 Å². The van der Waals surface area contributed by atoms with Gasteiger partial charge in [0.2, 0.25) is 11.8 Å². The average molecular weight is 443 g/mol. The number of nitrogens with zero attached hydrogens (tertiary/aromatic N) is 3. The monoisotopic (exact) mass is 442 g/mol. The fourth-order valence-electron chi connectivity index (χ4n) is 3.82. The molecule has 6 nitrogen and oxygen atoms in total. The highest BCUT2D eigenvalue weighted by Gasteiger charge is 2.21. The molecule has 1 heterocycles. The first-order chi connectivity index (χ1) is 15.0. The van der Waals surface area contributed by atoms with Crippen molar-refractivity contribution >= 4 is 23.4 Å². The second-order valence-electron chi connectivity index (χ2n) is 8.05. The van der Waals surface area contributed by atoms with E-state index < -0.39 is 5.91 Å². The first-order valence-electron chi connectivity index (χ1n) is 10.8. The van der Waals surface area contributed by atoms with Gasteiger partial charge in [-0.05, 0) is 42.8 Å². The molecule has 0 aliphatic carbocycles. The SMILES string of the molecule is NC(=O)CCN(Cc1ccccc1)C(=O)CN1CCCN(Cc2ccc(Cl)cc2)CC1. The maximum atomic E-state index is 13.1. The number of nitrogens with two attached hydrogens (primary N) is 1. The molecule has 0 unspecified atom stereocenters. The smallest absolute Gasteiger partial charge is 0.237 e. The fraction of sp³-hybridized carbons (Fsp3) is 0.417. The Kier molecular flexibility index (Phi) is 8.88. The molecule has 1 aliphatic rings. The van der Waals surface area contributed by atoms with Crippen LogP contribution in [0.2, 0.25) is 5.02 Å². The molecule has 3 rings (SSSR count). The molecule has 31 heavy (non-hydrogen) atoms. The van der Waals surface area contributed by atoms with Gasteiger partial charge in [0.05, 0.1) is 6.54 Å². The summed E-state index contributed by atoms with van der Waals surface area (Å²) in [4.78, 5) is 30.7. The maximum absolute atomic E-state index is 13.1. The van der Waals surface area contributed by atoms with Crippen LogP contribution in [-0.4, -0.2) is 65.8 Å². The minimum Gasteiger partial charge on any atom is -0.370 e. The first kappa shape index (κ1) is 23.3. The first-order valence-corrected chi connectivity index (χ1v) is 11.2. The topological polar surface area (TPSA) is 69.9 Å². The lowest BCUT2D eigenvalue weighted by molar-refractivity contribution is -0.133. The second kappa shape index (κ2) is 11.8. The fourth-order valence-corrected chi connectivity index (χ4v) is 3.95. The van der Waals surface area contributed by atoms with Gasteiger partial charge < -0.3 is 10.6 Å². The summed E-state index contributed by atoms with van der Waals surface area (Å²) in [5.41, 5.74) is 7.62. The zero-order valence-electron chi connectivity index (χ0n) is 17.9. The van der Waals surface area contributed by atoms with Crippen molar-refractivity contribution in [3.05, 3.63) is 70.7 Å². The van der Waals surface area contributed by atoms with E-state index >= 15 is 0 Å². The van der Waals surface area contributed by atoms with E-state index in [1.165, 1.54) is 5.56 Å². The average Bonchev–Trinajstić information content (AvgIpc) is 2.98. The van der Waals surface area contributed by atoms with Crippen LogP contribution < -0.4 is 5.73 Å². The summed E-state index contributed by atoms with van der Waals surface area (Å²) in [6.45, 7) is 5.73. The number of hydrogen-bond donors (Lipinski definition) is 1. The largest absolute Gasteiger partial charge is 0.370 e. The molecule has 1 saturated heterocycles. The molecule has 0 spiro atoms. The Hall–Kier alpha value is -2.41. The summed E-state index contributed by atoms with van der Waals surface area (Å²) in [5, 5.41) is 0.751. The number of benzene rings is 2. The Morgan fingerprint density at radius 3 is 2.29 bits per heavy atom. The van der Waals surface area contributed by atoms with Crippen LogP contribution in [0.25, 0.3) is 0 Å². The van der Waals surface area contributed by atoms with Gasteiger partial charge in [-0.2, -0.15) is 0 Å². The predicted molar refractivity (Wildman–Crippen MR) is 123 cm³/mol. The molecule has 0 saturated carbocycles. The number of halogens is 1. The predicted octanol–water partition coefficient (Wildman–Crippen LogP) is 2.75. The molecular formula is C24H31ClN4O2. The Morgan fingerprint density at radius 2 is 1.58 bits per heavy atom. The zero-order valence-corrected chi connectivity index (χ0v) is 18.6. The van der Waals surface area contributed by atoms with E-state index in [1.54, 1.807) is 4.90 Å². The lowest BCUT2D eigenvalue weighted by Gasteiger charge is -2.27. The second-order valence-corrected chi connectivity index (χ2v) is 8.49. The highest BCUT2D eigenvalue weighted by atomic mass is 35.5. The number of amides is 2. The molecule has 7 heteroatoms. The minimum absolute atomic E-state index is 0.0382. The lowest BCUT2D eigenvalue weighted by Crippen LogP contribution is -2.42. The Bertz CT molecular complexity index is 844. The van der Waals surface area contributed by atoms with E-state index in [-0.39, 0.29) is 12.3 Å². The van der Waals surface area contributed by atoms with Gasteiger partial charge >= 0.3 is 0 Å². The van der Waals surface area contributed by atoms with Crippen molar-refractivity contribution in [3.63, 3.8) is 0 Å². The quantitative estimate of drug-likeness (QED) is 0.648. The van der Waals surface area contributed by atoms with Crippen LogP contribution in [-0.2, 0) is 22.7 Å². The van der Waals surface area contributed by atoms with Gasteiger partial charge in [-0.3, -0.25) is 19.4 Å². The third-order valence-corrected chi connectivity index (χ3v) is 5.81. The molecule has 0 bridgehead atoms. The van der Waals surface area contributed by atoms with Crippen molar-refractivity contribution in [2.24, 2.45) is 5.73 Å². The van der Waals surface area contributed by atoms with Crippen LogP contribution >= 0.6 is 11.6 Å². The summed E-state index contributed by atoms with van der Waals surface area (Å²) in [7, 11) is 0. The summed E-state index contributed by atoms with van der Waals surface area (Å²) >= 11 is 5.98. The van der Waals surface area contributed by atoms with Crippen LogP contribution in [0.3, 0.4) is 0 Å². The van der Waals surface area contributed by atoms with Gasteiger partial charge in [0.1, 0.15) is 0 Å². The van der Waals surface area contributed by atoms with Crippen molar-refractivity contribution < 1.29 is 9.59 Å². The van der Waals surface area contributed by atoms with Crippen LogP contribution in [0.15, 0.2) is 54.6 Å². The van der Waals surface area contributed by atoms with Gasteiger partial charge in [0.15, 0.2) is 0 Å². The van der Waals surface area contributed by atoms with Crippen molar-refractivity contribution in [1.29, 1.82) is 0 Å². The lowest BCUT2D eigenvalue weighted by atomic mass is 10.2. The molecule has 1 aliphatic heterocycles. The molecular weight excluding hydrogens is 412 g/mol. The van der Waals surface area contributed by atoms with Gasteiger partial charge in [-0.1, -0.05) is 54.1 Å². The van der Waals surface area contributed by atoms with E-state index in [9.17, 15) is 9.59 Å². The van der Waals surface area contributed by atoms with E-state index in [0.717, 1.165) is 49.7 Å². The third-order valence-electron chi connectivity index (χ3n) is 5.56. The van der Waals surface area contributed by atoms with Gasteiger partial charge in [-0.15, -0.1) is 0 Å². The molecule has 2 amide bonds. The highest BCUT2D eigenvalue weighted by molar-refractivity contribution is 6.30. The highest BCUT2D eigenvalue weighted by Crippen LogP contribution is 2.14. The molecule has 0 radical (unpaired) electrons. The van der Waals surface area contributed by atoms with Crippen LogP contribution in [0.5, 0.6) is 0 Å². The third kappa shape index (κ3) is 7.98. The molecule has 0 aromatic heterocycles. The molecule has 0 atom stereocenters. The van der Waals surface area contributed by atoms with Crippen molar-refractivity contribution in [1.82, 2.24) is 14.7 Å². The molecule has 166 valence electrons. The van der Waals surface area contributed by atoms with Crippen molar-refractivity contribution in [2.45, 2.75) is 25.9 Å². The number of rotatable bonds is 9. The summed E-state index contributed by atoms with van der Waals surface area (Å²) < 4.78 is 0. The van der Waals surface area contributed by atoms with Crippen molar-refractivity contribution in [2.75, 3.05) is 39.3 Å². The van der Waals surface area contributed by atoms with E-state index in [1.807, 2.05) is 42.5 Å². The number of primary amides is 1. The number of hydrogen-bond acceptors (Lipinski definition) is 4. The molecule has 2 aromatic rings. The summed E-state index contributed by atoms with van der Waals surface area (Å²) in [6.07, 6.45) is 1.19. The summed E-state index contributed by atoms with van der Waals surface area (Å²) in [6, 6.07) is 17.8. The molecule has 2 aromatic carbocycles. The van der Waals surface area contributed by atoms with E-state index in [2.05, 4.69) is 21.9 Å². The minimum atomic E-state index is -0.390. The Balaban J connectivity index is 1.54. The van der Waals surface area contributed by atoms with Gasteiger partial charge in [-0.25, -0.2) is 0 Å². The van der Waals surface area contributed by atoms with Crippen LogP contribution in [0.1, 0.15) is 24.0 Å². The molecule has 2 N–H and O–H groups in total. The van der Waals surface area contributed by atoms with Crippen LogP contribution in [0, 0.1) is 0 Å². The Morgan fingerprint density at radius 1 is 0.903 bits per heavy atom. The van der Waals surface area contributed by atoms with E-state index in [4.69, 9.17) is 17.3 Å². The summed E-state index contributed by atoms with van der Waals surface area (Å²) in [5.74, 6) is -0.352. The standard InChI is InChI=1S/C24H31ClN4O2/c25-22-9-7-21(8-10-22)17-27-12-4-13-28(16-15-27)19-24(31)29(14-11-23(26)30)18-20-5-2-1-3-6-20/h1-3,5-10H,4,11-19H2,(H2,26,30). The number of carbonyl (C=O) groups excluding carboxylic acids is 2.